The van der Waals surface area contributed by atoms with Gasteiger partial charge in [-0.1, -0.05) is 35.9 Å². The summed E-state index contributed by atoms with van der Waals surface area (Å²) in [4.78, 5) is 12.0. The third-order valence-corrected chi connectivity index (χ3v) is 4.07. The summed E-state index contributed by atoms with van der Waals surface area (Å²) >= 11 is 0. The van der Waals surface area contributed by atoms with Crippen molar-refractivity contribution in [1.82, 2.24) is 5.43 Å². The molecule has 0 heterocycles. The lowest BCUT2D eigenvalue weighted by atomic mass is 10.1. The molecule has 0 aliphatic carbocycles. The van der Waals surface area contributed by atoms with Crippen molar-refractivity contribution in [1.29, 1.82) is 5.26 Å². The molecule has 0 fully saturated rings. The van der Waals surface area contributed by atoms with Crippen molar-refractivity contribution in [2.24, 2.45) is 5.10 Å². The first kappa shape index (κ1) is 18.9. The molecular weight excluding hydrogens is 350 g/mol. The molecule has 0 radical (unpaired) electrons. The lowest BCUT2D eigenvalue weighted by molar-refractivity contribution is 0.0955. The van der Waals surface area contributed by atoms with Crippen LogP contribution in [-0.4, -0.2) is 12.1 Å². The number of carbonyl (C=O) groups is 1. The second kappa shape index (κ2) is 9.15. The number of carbonyl (C=O) groups excluding carboxylic acids is 1. The van der Waals surface area contributed by atoms with Crippen LogP contribution in [0.1, 0.15) is 32.6 Å². The van der Waals surface area contributed by atoms with E-state index in [1.807, 2.05) is 61.5 Å². The SMILES string of the molecule is Cc1cccc(C(=O)N/N=C\c2ccc(OCc3ccccc3C#N)cc2)c1. The van der Waals surface area contributed by atoms with Crippen molar-refractivity contribution < 1.29 is 9.53 Å². The average Bonchev–Trinajstić information content (AvgIpc) is 2.73. The molecule has 138 valence electrons. The average molecular weight is 369 g/mol. The number of rotatable bonds is 6. The first-order valence-electron chi connectivity index (χ1n) is 8.76. The van der Waals surface area contributed by atoms with Crippen LogP contribution in [0.15, 0.2) is 77.9 Å². The Kier molecular flexibility index (Phi) is 6.17. The molecule has 28 heavy (non-hydrogen) atoms. The number of nitriles is 1. The maximum Gasteiger partial charge on any atom is 0.271 e. The molecule has 3 aromatic rings. The maximum atomic E-state index is 12.0. The van der Waals surface area contributed by atoms with Gasteiger partial charge in [-0.25, -0.2) is 5.43 Å². The molecule has 0 aliphatic rings. The fourth-order valence-electron chi connectivity index (χ4n) is 2.58. The largest absolute Gasteiger partial charge is 0.489 e. The van der Waals surface area contributed by atoms with Crippen molar-refractivity contribution >= 4 is 12.1 Å². The van der Waals surface area contributed by atoms with Crippen LogP contribution in [0, 0.1) is 18.3 Å². The second-order valence-corrected chi connectivity index (χ2v) is 6.20. The summed E-state index contributed by atoms with van der Waals surface area (Å²) in [7, 11) is 0. The Hall–Kier alpha value is -3.91. The summed E-state index contributed by atoms with van der Waals surface area (Å²) in [5.41, 5.74) is 6.38. The van der Waals surface area contributed by atoms with Crippen LogP contribution >= 0.6 is 0 Å². The van der Waals surface area contributed by atoms with E-state index >= 15 is 0 Å². The van der Waals surface area contributed by atoms with Gasteiger partial charge < -0.3 is 4.74 Å². The van der Waals surface area contributed by atoms with E-state index in [0.717, 1.165) is 16.7 Å². The number of amides is 1. The van der Waals surface area contributed by atoms with Crippen molar-refractivity contribution in [2.45, 2.75) is 13.5 Å². The van der Waals surface area contributed by atoms with Gasteiger partial charge in [-0.2, -0.15) is 10.4 Å². The highest BCUT2D eigenvalue weighted by molar-refractivity contribution is 5.95. The molecule has 0 unspecified atom stereocenters. The van der Waals surface area contributed by atoms with Gasteiger partial charge in [0.2, 0.25) is 0 Å². The van der Waals surface area contributed by atoms with Crippen molar-refractivity contribution in [2.75, 3.05) is 0 Å². The lowest BCUT2D eigenvalue weighted by Crippen LogP contribution is -2.17. The van der Waals surface area contributed by atoms with E-state index in [2.05, 4.69) is 16.6 Å². The lowest BCUT2D eigenvalue weighted by Gasteiger charge is -2.07. The minimum absolute atomic E-state index is 0.254. The zero-order chi connectivity index (χ0) is 19.8. The van der Waals surface area contributed by atoms with E-state index in [9.17, 15) is 4.79 Å². The molecule has 1 N–H and O–H groups in total. The zero-order valence-corrected chi connectivity index (χ0v) is 15.4. The summed E-state index contributed by atoms with van der Waals surface area (Å²) in [6, 6.07) is 24.1. The van der Waals surface area contributed by atoms with Gasteiger partial charge in [-0.05, 0) is 55.0 Å². The van der Waals surface area contributed by atoms with Gasteiger partial charge in [0.1, 0.15) is 12.4 Å². The molecule has 0 saturated carbocycles. The van der Waals surface area contributed by atoms with Gasteiger partial charge >= 0.3 is 0 Å². The van der Waals surface area contributed by atoms with E-state index in [-0.39, 0.29) is 5.91 Å². The van der Waals surface area contributed by atoms with Gasteiger partial charge in [0.15, 0.2) is 0 Å². The van der Waals surface area contributed by atoms with Gasteiger partial charge in [0, 0.05) is 11.1 Å². The third-order valence-electron chi connectivity index (χ3n) is 4.07. The number of hydrogen-bond donors (Lipinski definition) is 1. The molecule has 0 atom stereocenters. The summed E-state index contributed by atoms with van der Waals surface area (Å²) < 4.78 is 5.74. The number of nitrogens with one attached hydrogen (secondary N) is 1. The summed E-state index contributed by atoms with van der Waals surface area (Å²) in [5.74, 6) is 0.435. The van der Waals surface area contributed by atoms with E-state index in [1.165, 1.54) is 0 Å². The molecule has 3 aromatic carbocycles. The van der Waals surface area contributed by atoms with Crippen molar-refractivity contribution in [3.05, 3.63) is 101 Å². The third kappa shape index (κ3) is 5.05. The molecular formula is C23H19N3O2. The van der Waals surface area contributed by atoms with Crippen molar-refractivity contribution in [3.8, 4) is 11.8 Å². The number of ether oxygens (including phenoxy) is 1. The Balaban J connectivity index is 1.55. The highest BCUT2D eigenvalue weighted by atomic mass is 16.5. The van der Waals surface area contributed by atoms with Crippen LogP contribution in [0.3, 0.4) is 0 Å². The fourth-order valence-corrected chi connectivity index (χ4v) is 2.58. The molecule has 0 aromatic heterocycles. The highest BCUT2D eigenvalue weighted by Gasteiger charge is 2.04. The zero-order valence-electron chi connectivity index (χ0n) is 15.4. The van der Waals surface area contributed by atoms with Crippen molar-refractivity contribution in [3.63, 3.8) is 0 Å². The van der Waals surface area contributed by atoms with Gasteiger partial charge in [-0.3, -0.25) is 4.79 Å². The Morgan fingerprint density at radius 2 is 1.89 bits per heavy atom. The van der Waals surface area contributed by atoms with E-state index < -0.39 is 0 Å². The predicted octanol–water partition coefficient (Wildman–Crippen LogP) is 4.21. The number of hydrazone groups is 1. The second-order valence-electron chi connectivity index (χ2n) is 6.20. The molecule has 3 rings (SSSR count). The fraction of sp³-hybridized carbons (Fsp3) is 0.0870. The van der Waals surface area contributed by atoms with Crippen LogP contribution in [-0.2, 0) is 6.61 Å². The van der Waals surface area contributed by atoms with Gasteiger partial charge in [0.25, 0.3) is 5.91 Å². The highest BCUT2D eigenvalue weighted by Crippen LogP contribution is 2.15. The smallest absolute Gasteiger partial charge is 0.271 e. The van der Waals surface area contributed by atoms with E-state index in [1.54, 1.807) is 24.4 Å². The Labute approximate surface area is 163 Å². The maximum absolute atomic E-state index is 12.0. The van der Waals surface area contributed by atoms with Crippen LogP contribution in [0.5, 0.6) is 5.75 Å². The van der Waals surface area contributed by atoms with Crippen LogP contribution in [0.4, 0.5) is 0 Å². The number of nitrogens with zero attached hydrogens (tertiary/aromatic N) is 2. The first-order chi connectivity index (χ1) is 13.7. The minimum Gasteiger partial charge on any atom is -0.489 e. The predicted molar refractivity (Wildman–Crippen MR) is 108 cm³/mol. The monoisotopic (exact) mass is 369 g/mol. The molecule has 5 nitrogen and oxygen atoms in total. The molecule has 5 heteroatoms. The number of benzene rings is 3. The minimum atomic E-state index is -0.254. The van der Waals surface area contributed by atoms with E-state index in [4.69, 9.17) is 10.00 Å². The molecule has 0 saturated heterocycles. The van der Waals surface area contributed by atoms with Gasteiger partial charge in [0.05, 0.1) is 17.8 Å². The Morgan fingerprint density at radius 3 is 2.64 bits per heavy atom. The summed E-state index contributed by atoms with van der Waals surface area (Å²) in [5, 5.41) is 13.1. The molecule has 0 bridgehead atoms. The standard InChI is InChI=1S/C23H19N3O2/c1-17-5-4-8-19(13-17)23(27)26-25-15-18-9-11-22(12-10-18)28-16-21-7-3-2-6-20(21)14-24/h2-13,15H,16H2,1H3,(H,26,27)/b25-15-. The van der Waals surface area contributed by atoms with Crippen LogP contribution < -0.4 is 10.2 Å². The Morgan fingerprint density at radius 1 is 1.11 bits per heavy atom. The summed E-state index contributed by atoms with van der Waals surface area (Å²) in [6.45, 7) is 2.26. The molecule has 0 spiro atoms. The molecule has 0 aliphatic heterocycles. The first-order valence-corrected chi connectivity index (χ1v) is 8.76. The van der Waals surface area contributed by atoms with Crippen LogP contribution in [0.2, 0.25) is 0 Å². The summed E-state index contributed by atoms with van der Waals surface area (Å²) in [6.07, 6.45) is 1.57. The quantitative estimate of drug-likeness (QED) is 0.522. The van der Waals surface area contributed by atoms with Crippen LogP contribution in [0.25, 0.3) is 0 Å². The molecule has 1 amide bonds. The number of aryl methyl sites for hydroxylation is 1. The number of hydrogen-bond acceptors (Lipinski definition) is 4. The topological polar surface area (TPSA) is 74.5 Å². The van der Waals surface area contributed by atoms with E-state index in [0.29, 0.717) is 23.5 Å². The normalized spacial score (nSPS) is 10.4. The Bertz CT molecular complexity index is 1030. The van der Waals surface area contributed by atoms with Gasteiger partial charge in [-0.15, -0.1) is 0 Å².